The largest absolute Gasteiger partial charge is 0.493 e. The summed E-state index contributed by atoms with van der Waals surface area (Å²) in [5.74, 6) is -2.68. The Balaban J connectivity index is 2.17. The van der Waals surface area contributed by atoms with Crippen molar-refractivity contribution in [3.05, 3.63) is 53.1 Å². The SMILES string of the molecule is COc1cc(C(=O)OCC(=O)c2cc(F)ccc2F)cc(OC)c1OC. The Morgan fingerprint density at radius 3 is 2.08 bits per heavy atom. The maximum atomic E-state index is 13.6. The Kier molecular flexibility index (Phi) is 6.11. The Labute approximate surface area is 148 Å². The topological polar surface area (TPSA) is 71.1 Å². The number of methoxy groups -OCH3 is 3. The second kappa shape index (κ2) is 8.28. The molecule has 0 N–H and O–H groups in total. The number of rotatable bonds is 7. The van der Waals surface area contributed by atoms with Crippen LogP contribution < -0.4 is 14.2 Å². The van der Waals surface area contributed by atoms with Crippen molar-refractivity contribution in [2.24, 2.45) is 0 Å². The van der Waals surface area contributed by atoms with E-state index in [4.69, 9.17) is 18.9 Å². The minimum absolute atomic E-state index is 0.0343. The van der Waals surface area contributed by atoms with E-state index in [-0.39, 0.29) is 22.8 Å². The quantitative estimate of drug-likeness (QED) is 0.554. The monoisotopic (exact) mass is 366 g/mol. The first-order chi connectivity index (χ1) is 12.4. The molecule has 0 heterocycles. The summed E-state index contributed by atoms with van der Waals surface area (Å²) in [7, 11) is 4.16. The Morgan fingerprint density at radius 1 is 0.923 bits per heavy atom. The molecule has 138 valence electrons. The van der Waals surface area contributed by atoms with Gasteiger partial charge in [0.15, 0.2) is 18.1 Å². The molecule has 0 aromatic heterocycles. The molecule has 0 bridgehead atoms. The van der Waals surface area contributed by atoms with Crippen LogP contribution in [0.2, 0.25) is 0 Å². The van der Waals surface area contributed by atoms with Crippen molar-refractivity contribution in [2.75, 3.05) is 27.9 Å². The van der Waals surface area contributed by atoms with Crippen LogP contribution in [-0.2, 0) is 4.74 Å². The zero-order chi connectivity index (χ0) is 19.3. The van der Waals surface area contributed by atoms with Gasteiger partial charge in [-0.15, -0.1) is 0 Å². The maximum Gasteiger partial charge on any atom is 0.338 e. The Hall–Kier alpha value is -3.16. The highest BCUT2D eigenvalue weighted by atomic mass is 19.1. The van der Waals surface area contributed by atoms with Gasteiger partial charge < -0.3 is 18.9 Å². The molecule has 6 nitrogen and oxygen atoms in total. The van der Waals surface area contributed by atoms with Gasteiger partial charge in [-0.25, -0.2) is 13.6 Å². The second-order valence-electron chi connectivity index (χ2n) is 5.04. The molecule has 2 aromatic carbocycles. The third-order valence-electron chi connectivity index (χ3n) is 3.46. The molecule has 0 saturated carbocycles. The molecule has 0 aliphatic rings. The minimum Gasteiger partial charge on any atom is -0.493 e. The van der Waals surface area contributed by atoms with Gasteiger partial charge in [0, 0.05) is 0 Å². The molecule has 0 aliphatic heterocycles. The molecule has 0 saturated heterocycles. The van der Waals surface area contributed by atoms with Gasteiger partial charge >= 0.3 is 5.97 Å². The average molecular weight is 366 g/mol. The van der Waals surface area contributed by atoms with Crippen molar-refractivity contribution in [2.45, 2.75) is 0 Å². The van der Waals surface area contributed by atoms with Crippen LogP contribution in [-0.4, -0.2) is 39.7 Å². The zero-order valence-electron chi connectivity index (χ0n) is 14.3. The fraction of sp³-hybridized carbons (Fsp3) is 0.222. The van der Waals surface area contributed by atoms with E-state index < -0.39 is 35.6 Å². The van der Waals surface area contributed by atoms with Crippen LogP contribution in [0.15, 0.2) is 30.3 Å². The predicted octanol–water partition coefficient (Wildman–Crippen LogP) is 3.03. The van der Waals surface area contributed by atoms with E-state index in [9.17, 15) is 18.4 Å². The summed E-state index contributed by atoms with van der Waals surface area (Å²) in [5.41, 5.74) is -0.463. The number of hydrogen-bond acceptors (Lipinski definition) is 6. The molecule has 2 rings (SSSR count). The second-order valence-corrected chi connectivity index (χ2v) is 5.04. The summed E-state index contributed by atoms with van der Waals surface area (Å²) in [6.07, 6.45) is 0. The summed E-state index contributed by atoms with van der Waals surface area (Å²) >= 11 is 0. The summed E-state index contributed by atoms with van der Waals surface area (Å²) in [6.45, 7) is -0.754. The summed E-state index contributed by atoms with van der Waals surface area (Å²) in [5, 5.41) is 0. The number of halogens is 2. The molecule has 0 atom stereocenters. The van der Waals surface area contributed by atoms with Gasteiger partial charge in [-0.3, -0.25) is 4.79 Å². The number of carbonyl (C=O) groups is 2. The van der Waals surface area contributed by atoms with E-state index in [2.05, 4.69) is 0 Å². The highest BCUT2D eigenvalue weighted by Gasteiger charge is 2.20. The van der Waals surface area contributed by atoms with E-state index in [0.717, 1.165) is 18.2 Å². The van der Waals surface area contributed by atoms with Crippen molar-refractivity contribution in [1.82, 2.24) is 0 Å². The van der Waals surface area contributed by atoms with Gasteiger partial charge in [0.05, 0.1) is 32.5 Å². The fourth-order valence-electron chi connectivity index (χ4n) is 2.20. The lowest BCUT2D eigenvalue weighted by Gasteiger charge is -2.13. The molecular formula is C18H16F2O6. The third kappa shape index (κ3) is 4.08. The number of carbonyl (C=O) groups excluding carboxylic acids is 2. The number of esters is 1. The highest BCUT2D eigenvalue weighted by molar-refractivity contribution is 5.99. The van der Waals surface area contributed by atoms with Crippen molar-refractivity contribution in [1.29, 1.82) is 0 Å². The molecule has 0 unspecified atom stereocenters. The van der Waals surface area contributed by atoms with Gasteiger partial charge in [0.2, 0.25) is 11.5 Å². The molecule has 0 amide bonds. The number of ketones is 1. The van der Waals surface area contributed by atoms with E-state index in [1.807, 2.05) is 0 Å². The van der Waals surface area contributed by atoms with E-state index >= 15 is 0 Å². The van der Waals surface area contributed by atoms with Crippen LogP contribution in [0.25, 0.3) is 0 Å². The zero-order valence-corrected chi connectivity index (χ0v) is 14.3. The standard InChI is InChI=1S/C18H16F2O6/c1-23-15-6-10(7-16(24-2)17(15)25-3)18(22)26-9-14(21)12-8-11(19)4-5-13(12)20/h4-8H,9H2,1-3H3. The molecule has 26 heavy (non-hydrogen) atoms. The molecule has 0 spiro atoms. The van der Waals surface area contributed by atoms with Crippen LogP contribution in [0.1, 0.15) is 20.7 Å². The lowest BCUT2D eigenvalue weighted by atomic mass is 10.1. The van der Waals surface area contributed by atoms with Crippen LogP contribution in [0.3, 0.4) is 0 Å². The van der Waals surface area contributed by atoms with Gasteiger partial charge in [0.25, 0.3) is 0 Å². The first-order valence-electron chi connectivity index (χ1n) is 7.36. The lowest BCUT2D eigenvalue weighted by Crippen LogP contribution is -2.16. The third-order valence-corrected chi connectivity index (χ3v) is 3.46. The fourth-order valence-corrected chi connectivity index (χ4v) is 2.20. The normalized spacial score (nSPS) is 10.2. The Bertz CT molecular complexity index is 809. The number of ether oxygens (including phenoxy) is 4. The Morgan fingerprint density at radius 2 is 1.54 bits per heavy atom. The first kappa shape index (κ1) is 19.2. The van der Waals surface area contributed by atoms with Crippen LogP contribution >= 0.6 is 0 Å². The molecule has 0 fully saturated rings. The van der Waals surface area contributed by atoms with Crippen LogP contribution in [0.5, 0.6) is 17.2 Å². The van der Waals surface area contributed by atoms with Gasteiger partial charge in [-0.05, 0) is 30.3 Å². The van der Waals surface area contributed by atoms with Crippen molar-refractivity contribution >= 4 is 11.8 Å². The summed E-state index contributed by atoms with van der Waals surface area (Å²) < 4.78 is 47.0. The molecule has 2 aromatic rings. The van der Waals surface area contributed by atoms with E-state index in [0.29, 0.717) is 0 Å². The minimum atomic E-state index is -0.903. The van der Waals surface area contributed by atoms with Gasteiger partial charge in [-0.2, -0.15) is 0 Å². The average Bonchev–Trinajstić information content (AvgIpc) is 2.66. The first-order valence-corrected chi connectivity index (χ1v) is 7.36. The van der Waals surface area contributed by atoms with Crippen molar-refractivity contribution in [3.8, 4) is 17.2 Å². The number of Topliss-reactive ketones (excluding diaryl/α,β-unsaturated/α-hetero) is 1. The molecule has 0 aliphatic carbocycles. The van der Waals surface area contributed by atoms with Crippen molar-refractivity contribution < 1.29 is 37.3 Å². The van der Waals surface area contributed by atoms with E-state index in [1.54, 1.807) is 0 Å². The lowest BCUT2D eigenvalue weighted by molar-refractivity contribution is 0.0472. The number of benzene rings is 2. The highest BCUT2D eigenvalue weighted by Crippen LogP contribution is 2.38. The molecule has 8 heteroatoms. The molecule has 0 radical (unpaired) electrons. The van der Waals surface area contributed by atoms with E-state index in [1.165, 1.54) is 33.5 Å². The molecular weight excluding hydrogens is 350 g/mol. The van der Waals surface area contributed by atoms with Crippen LogP contribution in [0.4, 0.5) is 8.78 Å². The van der Waals surface area contributed by atoms with Gasteiger partial charge in [0.1, 0.15) is 11.6 Å². The van der Waals surface area contributed by atoms with Gasteiger partial charge in [-0.1, -0.05) is 0 Å². The van der Waals surface area contributed by atoms with Crippen molar-refractivity contribution in [3.63, 3.8) is 0 Å². The maximum absolute atomic E-state index is 13.6. The predicted molar refractivity (Wildman–Crippen MR) is 87.1 cm³/mol. The summed E-state index contributed by atoms with van der Waals surface area (Å²) in [6, 6.07) is 5.14. The van der Waals surface area contributed by atoms with Crippen LogP contribution in [0, 0.1) is 11.6 Å². The summed E-state index contributed by atoms with van der Waals surface area (Å²) in [4.78, 5) is 24.1. The number of hydrogen-bond donors (Lipinski definition) is 0. The smallest absolute Gasteiger partial charge is 0.338 e.